The molecule has 0 aromatic rings. The van der Waals surface area contributed by atoms with Crippen LogP contribution in [0.5, 0.6) is 0 Å². The zero-order valence-corrected chi connectivity index (χ0v) is 12.3. The van der Waals surface area contributed by atoms with Crippen molar-refractivity contribution in [3.63, 3.8) is 0 Å². The third-order valence-electron chi connectivity index (χ3n) is 4.50. The summed E-state index contributed by atoms with van der Waals surface area (Å²) in [4.78, 5) is 2.66. The van der Waals surface area contributed by atoms with Crippen LogP contribution in [-0.2, 0) is 0 Å². The van der Waals surface area contributed by atoms with Gasteiger partial charge < -0.3 is 5.32 Å². The zero-order chi connectivity index (χ0) is 12.1. The van der Waals surface area contributed by atoms with Gasteiger partial charge in [-0.2, -0.15) is 11.8 Å². The van der Waals surface area contributed by atoms with E-state index in [0.29, 0.717) is 0 Å². The number of thioether (sulfide) groups is 1. The van der Waals surface area contributed by atoms with Crippen molar-refractivity contribution in [2.24, 2.45) is 5.92 Å². The van der Waals surface area contributed by atoms with Crippen molar-refractivity contribution in [3.8, 4) is 0 Å². The van der Waals surface area contributed by atoms with Crippen molar-refractivity contribution >= 4 is 11.8 Å². The molecule has 1 saturated carbocycles. The van der Waals surface area contributed by atoms with Gasteiger partial charge in [-0.3, -0.25) is 4.90 Å². The molecule has 0 bridgehead atoms. The van der Waals surface area contributed by atoms with Crippen LogP contribution in [0.1, 0.15) is 39.5 Å². The molecule has 2 aliphatic rings. The highest BCUT2D eigenvalue weighted by atomic mass is 32.2. The summed E-state index contributed by atoms with van der Waals surface area (Å²) in [5.74, 6) is 2.29. The van der Waals surface area contributed by atoms with Crippen LogP contribution in [0.25, 0.3) is 0 Å². The van der Waals surface area contributed by atoms with Crippen LogP contribution >= 0.6 is 11.8 Å². The molecule has 0 aromatic heterocycles. The van der Waals surface area contributed by atoms with Gasteiger partial charge in [0, 0.05) is 36.7 Å². The second-order valence-corrected chi connectivity index (χ2v) is 7.19. The lowest BCUT2D eigenvalue weighted by Gasteiger charge is -2.37. The molecular weight excluding hydrogens is 228 g/mol. The molecule has 1 aliphatic heterocycles. The number of nitrogens with one attached hydrogen (secondary N) is 1. The van der Waals surface area contributed by atoms with Gasteiger partial charge >= 0.3 is 0 Å². The minimum Gasteiger partial charge on any atom is -0.315 e. The standard InChI is InChI=1S/C14H28N2S/c1-12-13(2)17-10-9-16(12)8-7-15-11-14-5-3-4-6-14/h12-15H,3-11H2,1-2H3. The Morgan fingerprint density at radius 2 is 2.00 bits per heavy atom. The largest absolute Gasteiger partial charge is 0.315 e. The molecule has 1 aliphatic carbocycles. The van der Waals surface area contributed by atoms with Crippen molar-refractivity contribution in [1.29, 1.82) is 0 Å². The Morgan fingerprint density at radius 1 is 1.24 bits per heavy atom. The van der Waals surface area contributed by atoms with E-state index < -0.39 is 0 Å². The zero-order valence-electron chi connectivity index (χ0n) is 11.5. The summed E-state index contributed by atoms with van der Waals surface area (Å²) >= 11 is 2.13. The number of hydrogen-bond acceptors (Lipinski definition) is 3. The van der Waals surface area contributed by atoms with E-state index in [2.05, 4.69) is 35.8 Å². The van der Waals surface area contributed by atoms with Crippen LogP contribution in [0.15, 0.2) is 0 Å². The summed E-state index contributed by atoms with van der Waals surface area (Å²) in [5, 5.41) is 4.47. The molecule has 2 nitrogen and oxygen atoms in total. The maximum absolute atomic E-state index is 3.66. The molecule has 2 rings (SSSR count). The summed E-state index contributed by atoms with van der Waals surface area (Å²) in [5.41, 5.74) is 0. The van der Waals surface area contributed by atoms with E-state index in [1.807, 2.05) is 0 Å². The normalized spacial score (nSPS) is 32.1. The second-order valence-electron chi connectivity index (χ2n) is 5.71. The lowest BCUT2D eigenvalue weighted by Crippen LogP contribution is -2.47. The monoisotopic (exact) mass is 256 g/mol. The first-order valence-electron chi connectivity index (χ1n) is 7.33. The molecule has 0 radical (unpaired) electrons. The van der Waals surface area contributed by atoms with E-state index in [9.17, 15) is 0 Å². The highest BCUT2D eigenvalue weighted by Crippen LogP contribution is 2.24. The van der Waals surface area contributed by atoms with E-state index in [1.54, 1.807) is 0 Å². The minimum absolute atomic E-state index is 0.752. The van der Waals surface area contributed by atoms with E-state index in [0.717, 1.165) is 17.2 Å². The lowest BCUT2D eigenvalue weighted by atomic mass is 10.1. The molecule has 1 N–H and O–H groups in total. The number of hydrogen-bond donors (Lipinski definition) is 1. The fourth-order valence-electron chi connectivity index (χ4n) is 3.05. The highest BCUT2D eigenvalue weighted by Gasteiger charge is 2.24. The average Bonchev–Trinajstić information content (AvgIpc) is 2.83. The molecule has 17 heavy (non-hydrogen) atoms. The summed E-state index contributed by atoms with van der Waals surface area (Å²) < 4.78 is 0. The van der Waals surface area contributed by atoms with Crippen molar-refractivity contribution < 1.29 is 0 Å². The minimum atomic E-state index is 0.752. The van der Waals surface area contributed by atoms with Gasteiger partial charge in [0.2, 0.25) is 0 Å². The Morgan fingerprint density at radius 3 is 2.76 bits per heavy atom. The quantitative estimate of drug-likeness (QED) is 0.761. The van der Waals surface area contributed by atoms with Gasteiger partial charge in [0.15, 0.2) is 0 Å². The highest BCUT2D eigenvalue weighted by molar-refractivity contribution is 8.00. The Kier molecular flexibility index (Phi) is 5.64. The molecule has 100 valence electrons. The second kappa shape index (κ2) is 7.01. The van der Waals surface area contributed by atoms with Gasteiger partial charge in [-0.05, 0) is 32.2 Å². The van der Waals surface area contributed by atoms with E-state index >= 15 is 0 Å². The Labute approximate surface area is 111 Å². The smallest absolute Gasteiger partial charge is 0.0184 e. The van der Waals surface area contributed by atoms with E-state index in [4.69, 9.17) is 0 Å². The van der Waals surface area contributed by atoms with E-state index in [-0.39, 0.29) is 0 Å². The first-order chi connectivity index (χ1) is 8.27. The van der Waals surface area contributed by atoms with Gasteiger partial charge in [0.05, 0.1) is 0 Å². The number of rotatable bonds is 5. The third-order valence-corrected chi connectivity index (χ3v) is 5.84. The van der Waals surface area contributed by atoms with Crippen LogP contribution in [0.4, 0.5) is 0 Å². The fraction of sp³-hybridized carbons (Fsp3) is 1.00. The van der Waals surface area contributed by atoms with Crippen molar-refractivity contribution in [2.75, 3.05) is 31.9 Å². The van der Waals surface area contributed by atoms with Gasteiger partial charge in [-0.15, -0.1) is 0 Å². The molecular formula is C14H28N2S. The first kappa shape index (κ1) is 13.7. The Bertz CT molecular complexity index is 216. The Balaban J connectivity index is 1.57. The van der Waals surface area contributed by atoms with Crippen LogP contribution in [-0.4, -0.2) is 48.1 Å². The Hall–Kier alpha value is 0.270. The summed E-state index contributed by atoms with van der Waals surface area (Å²) in [6.07, 6.45) is 5.84. The summed E-state index contributed by atoms with van der Waals surface area (Å²) in [7, 11) is 0. The molecule has 0 amide bonds. The van der Waals surface area contributed by atoms with Gasteiger partial charge in [-0.1, -0.05) is 19.8 Å². The topological polar surface area (TPSA) is 15.3 Å². The lowest BCUT2D eigenvalue weighted by molar-refractivity contribution is 0.212. The molecule has 0 aromatic carbocycles. The van der Waals surface area contributed by atoms with Gasteiger partial charge in [0.1, 0.15) is 0 Å². The predicted molar refractivity (Wildman–Crippen MR) is 77.8 cm³/mol. The van der Waals surface area contributed by atoms with Gasteiger partial charge in [0.25, 0.3) is 0 Å². The molecule has 2 atom stereocenters. The van der Waals surface area contributed by atoms with Crippen molar-refractivity contribution in [3.05, 3.63) is 0 Å². The average molecular weight is 256 g/mol. The summed E-state index contributed by atoms with van der Waals surface area (Å²) in [6, 6.07) is 0.752. The molecule has 0 spiro atoms. The molecule has 2 fully saturated rings. The van der Waals surface area contributed by atoms with Crippen molar-refractivity contribution in [1.82, 2.24) is 10.2 Å². The molecule has 3 heteroatoms. The molecule has 1 saturated heterocycles. The van der Waals surface area contributed by atoms with E-state index in [1.165, 1.54) is 57.6 Å². The third kappa shape index (κ3) is 4.15. The number of nitrogens with zero attached hydrogens (tertiary/aromatic N) is 1. The molecule has 1 heterocycles. The first-order valence-corrected chi connectivity index (χ1v) is 8.38. The fourth-order valence-corrected chi connectivity index (χ4v) is 4.22. The summed E-state index contributed by atoms with van der Waals surface area (Å²) in [6.45, 7) is 9.70. The van der Waals surface area contributed by atoms with Gasteiger partial charge in [-0.25, -0.2) is 0 Å². The molecule has 2 unspecified atom stereocenters. The SMILES string of the molecule is CC1SCCN(CCNCC2CCCC2)C1C. The van der Waals surface area contributed by atoms with Crippen molar-refractivity contribution in [2.45, 2.75) is 50.8 Å². The maximum atomic E-state index is 3.66. The van der Waals surface area contributed by atoms with Crippen LogP contribution in [0, 0.1) is 5.92 Å². The maximum Gasteiger partial charge on any atom is 0.0184 e. The van der Waals surface area contributed by atoms with Crippen LogP contribution in [0.3, 0.4) is 0 Å². The van der Waals surface area contributed by atoms with Crippen LogP contribution < -0.4 is 5.32 Å². The van der Waals surface area contributed by atoms with Crippen LogP contribution in [0.2, 0.25) is 0 Å². The predicted octanol–water partition coefficient (Wildman–Crippen LogP) is 2.59.